The molecule has 0 atom stereocenters. The van der Waals surface area contributed by atoms with E-state index in [4.69, 9.17) is 13.9 Å². The van der Waals surface area contributed by atoms with Gasteiger partial charge in [0.05, 0.1) is 19.8 Å². The number of hydrogen-bond donors (Lipinski definition) is 2. The van der Waals surface area contributed by atoms with Gasteiger partial charge in [0, 0.05) is 17.1 Å². The second-order valence-electron chi connectivity index (χ2n) is 6.78. The minimum Gasteiger partial charge on any atom is -0.497 e. The molecule has 2 N–H and O–H groups in total. The number of hydrogen-bond acceptors (Lipinski definition) is 5. The molecule has 0 aliphatic carbocycles. The number of fused-ring (bicyclic) bond motifs is 1. The van der Waals surface area contributed by atoms with Gasteiger partial charge in [-0.2, -0.15) is 0 Å². The van der Waals surface area contributed by atoms with Crippen molar-refractivity contribution in [1.29, 1.82) is 0 Å². The van der Waals surface area contributed by atoms with Crippen LogP contribution in [-0.4, -0.2) is 26.0 Å². The van der Waals surface area contributed by atoms with Crippen LogP contribution < -0.4 is 20.1 Å². The smallest absolute Gasteiger partial charge is 0.293 e. The molecule has 0 spiro atoms. The fourth-order valence-electron chi connectivity index (χ4n) is 3.22. The highest BCUT2D eigenvalue weighted by Gasteiger charge is 2.24. The lowest BCUT2D eigenvalue weighted by Gasteiger charge is -2.11. The standard InChI is InChI=1S/C24H19FN2O5/c1-30-16-11-12-18(20(13-16)31-2)23(28)27-21-17-5-3-4-6-19(17)32-22(21)24(29)26-15-9-7-14(25)8-10-15/h3-13H,1-2H3,(H,26,29)(H,27,28). The van der Waals surface area contributed by atoms with Crippen LogP contribution in [0.1, 0.15) is 20.9 Å². The van der Waals surface area contributed by atoms with Gasteiger partial charge in [0.1, 0.15) is 28.6 Å². The molecule has 4 rings (SSSR count). The molecular weight excluding hydrogens is 415 g/mol. The van der Waals surface area contributed by atoms with Gasteiger partial charge in [-0.3, -0.25) is 9.59 Å². The van der Waals surface area contributed by atoms with E-state index in [9.17, 15) is 14.0 Å². The number of amides is 2. The van der Waals surface area contributed by atoms with Crippen LogP contribution in [0, 0.1) is 5.82 Å². The molecule has 8 heteroatoms. The Hall–Kier alpha value is -4.33. The minimum absolute atomic E-state index is 0.0867. The molecule has 0 bridgehead atoms. The lowest BCUT2D eigenvalue weighted by Crippen LogP contribution is -2.17. The number of anilines is 2. The number of carbonyl (C=O) groups is 2. The summed E-state index contributed by atoms with van der Waals surface area (Å²) in [6.45, 7) is 0. The lowest BCUT2D eigenvalue weighted by molar-refractivity contribution is 0.0999. The van der Waals surface area contributed by atoms with E-state index in [1.165, 1.54) is 38.5 Å². The number of furan rings is 1. The Kier molecular flexibility index (Phi) is 5.76. The maximum absolute atomic E-state index is 13.2. The molecule has 0 radical (unpaired) electrons. The van der Waals surface area contributed by atoms with Crippen molar-refractivity contribution in [2.24, 2.45) is 0 Å². The Labute approximate surface area is 182 Å². The van der Waals surface area contributed by atoms with Gasteiger partial charge < -0.3 is 24.5 Å². The molecule has 0 saturated heterocycles. The third kappa shape index (κ3) is 4.11. The van der Waals surface area contributed by atoms with Crippen molar-refractivity contribution in [2.75, 3.05) is 24.9 Å². The third-order valence-corrected chi connectivity index (χ3v) is 4.80. The second kappa shape index (κ2) is 8.81. The molecule has 0 saturated carbocycles. The Morgan fingerprint density at radius 2 is 1.62 bits per heavy atom. The number of halogens is 1. The molecule has 162 valence electrons. The van der Waals surface area contributed by atoms with E-state index in [0.29, 0.717) is 28.2 Å². The maximum atomic E-state index is 13.2. The maximum Gasteiger partial charge on any atom is 0.293 e. The molecule has 1 heterocycles. The number of nitrogens with one attached hydrogen (secondary N) is 2. The zero-order valence-electron chi connectivity index (χ0n) is 17.3. The Morgan fingerprint density at radius 3 is 2.34 bits per heavy atom. The highest BCUT2D eigenvalue weighted by atomic mass is 19.1. The molecule has 0 fully saturated rings. The summed E-state index contributed by atoms with van der Waals surface area (Å²) in [5.41, 5.74) is 1.27. The average molecular weight is 434 g/mol. The lowest BCUT2D eigenvalue weighted by atomic mass is 10.1. The zero-order valence-corrected chi connectivity index (χ0v) is 17.3. The van der Waals surface area contributed by atoms with E-state index in [2.05, 4.69) is 10.6 Å². The van der Waals surface area contributed by atoms with Gasteiger partial charge in [0.25, 0.3) is 11.8 Å². The van der Waals surface area contributed by atoms with Crippen molar-refractivity contribution in [3.8, 4) is 11.5 Å². The minimum atomic E-state index is -0.593. The van der Waals surface area contributed by atoms with Crippen LogP contribution in [0.4, 0.5) is 15.8 Å². The largest absolute Gasteiger partial charge is 0.497 e. The first-order chi connectivity index (χ1) is 15.5. The molecule has 7 nitrogen and oxygen atoms in total. The van der Waals surface area contributed by atoms with Gasteiger partial charge in [0.2, 0.25) is 5.76 Å². The molecule has 1 aromatic heterocycles. The van der Waals surface area contributed by atoms with Crippen molar-refractivity contribution in [3.05, 3.63) is 83.9 Å². The van der Waals surface area contributed by atoms with Crippen LogP contribution in [0.25, 0.3) is 11.0 Å². The predicted octanol–water partition coefficient (Wildman–Crippen LogP) is 5.09. The van der Waals surface area contributed by atoms with Crippen molar-refractivity contribution in [2.45, 2.75) is 0 Å². The molecule has 0 unspecified atom stereocenters. The van der Waals surface area contributed by atoms with Crippen LogP contribution in [0.5, 0.6) is 11.5 Å². The summed E-state index contributed by atoms with van der Waals surface area (Å²) in [4.78, 5) is 26.0. The van der Waals surface area contributed by atoms with Crippen LogP contribution in [0.2, 0.25) is 0 Å². The predicted molar refractivity (Wildman–Crippen MR) is 118 cm³/mol. The van der Waals surface area contributed by atoms with E-state index in [1.807, 2.05) is 0 Å². The van der Waals surface area contributed by atoms with Gasteiger partial charge in [-0.05, 0) is 48.5 Å². The molecular formula is C24H19FN2O5. The monoisotopic (exact) mass is 434 g/mol. The average Bonchev–Trinajstić information content (AvgIpc) is 3.18. The summed E-state index contributed by atoms with van der Waals surface area (Å²) < 4.78 is 29.4. The van der Waals surface area contributed by atoms with E-state index in [1.54, 1.807) is 42.5 Å². The van der Waals surface area contributed by atoms with Crippen LogP contribution >= 0.6 is 0 Å². The molecule has 32 heavy (non-hydrogen) atoms. The Morgan fingerprint density at radius 1 is 0.875 bits per heavy atom. The van der Waals surface area contributed by atoms with Crippen LogP contribution in [0.15, 0.2) is 71.1 Å². The Balaban J connectivity index is 1.70. The van der Waals surface area contributed by atoms with Crippen LogP contribution in [0.3, 0.4) is 0 Å². The number of rotatable bonds is 6. The number of carbonyl (C=O) groups excluding carboxylic acids is 2. The number of benzene rings is 3. The fraction of sp³-hybridized carbons (Fsp3) is 0.0833. The Bertz CT molecular complexity index is 1300. The van der Waals surface area contributed by atoms with Crippen molar-refractivity contribution >= 4 is 34.2 Å². The first-order valence-electron chi connectivity index (χ1n) is 9.62. The summed E-state index contributed by atoms with van der Waals surface area (Å²) in [5.74, 6) is -0.750. The summed E-state index contributed by atoms with van der Waals surface area (Å²) in [7, 11) is 2.96. The van der Waals surface area contributed by atoms with E-state index in [-0.39, 0.29) is 17.0 Å². The van der Waals surface area contributed by atoms with Gasteiger partial charge in [-0.1, -0.05) is 12.1 Å². The van der Waals surface area contributed by atoms with Gasteiger partial charge in [-0.15, -0.1) is 0 Å². The highest BCUT2D eigenvalue weighted by Crippen LogP contribution is 2.33. The van der Waals surface area contributed by atoms with E-state index >= 15 is 0 Å². The summed E-state index contributed by atoms with van der Waals surface area (Å²) in [5, 5.41) is 5.96. The topological polar surface area (TPSA) is 89.8 Å². The number of methoxy groups -OCH3 is 2. The van der Waals surface area contributed by atoms with Crippen molar-refractivity contribution in [3.63, 3.8) is 0 Å². The normalized spacial score (nSPS) is 10.6. The first-order valence-corrected chi connectivity index (χ1v) is 9.62. The summed E-state index contributed by atoms with van der Waals surface area (Å²) in [6.07, 6.45) is 0. The zero-order chi connectivity index (χ0) is 22.7. The van der Waals surface area contributed by atoms with E-state index in [0.717, 1.165) is 0 Å². The van der Waals surface area contributed by atoms with Gasteiger partial charge in [0.15, 0.2) is 0 Å². The number of ether oxygens (including phenoxy) is 2. The van der Waals surface area contributed by atoms with Crippen molar-refractivity contribution in [1.82, 2.24) is 0 Å². The quantitative estimate of drug-likeness (QED) is 0.441. The fourth-order valence-corrected chi connectivity index (χ4v) is 3.22. The summed E-state index contributed by atoms with van der Waals surface area (Å²) >= 11 is 0. The molecule has 4 aromatic rings. The molecule has 3 aromatic carbocycles. The highest BCUT2D eigenvalue weighted by molar-refractivity contribution is 6.17. The van der Waals surface area contributed by atoms with E-state index < -0.39 is 17.6 Å². The molecule has 0 aliphatic heterocycles. The summed E-state index contributed by atoms with van der Waals surface area (Å²) in [6, 6.07) is 17.0. The van der Waals surface area contributed by atoms with Crippen molar-refractivity contribution < 1.29 is 27.9 Å². The SMILES string of the molecule is COc1ccc(C(=O)Nc2c(C(=O)Nc3ccc(F)cc3)oc3ccccc23)c(OC)c1. The van der Waals surface area contributed by atoms with Gasteiger partial charge in [-0.25, -0.2) is 4.39 Å². The third-order valence-electron chi connectivity index (χ3n) is 4.80. The van der Waals surface area contributed by atoms with Crippen LogP contribution in [-0.2, 0) is 0 Å². The molecule has 0 aliphatic rings. The molecule has 2 amide bonds. The number of para-hydroxylation sites is 1. The second-order valence-corrected chi connectivity index (χ2v) is 6.78. The van der Waals surface area contributed by atoms with Gasteiger partial charge >= 0.3 is 0 Å². The first kappa shape index (κ1) is 20.9.